The Balaban J connectivity index is 1.41. The van der Waals surface area contributed by atoms with Gasteiger partial charge in [0.25, 0.3) is 0 Å². The maximum atomic E-state index is 6.34. The summed E-state index contributed by atoms with van der Waals surface area (Å²) in [6.45, 7) is 2.94. The number of hydrogen-bond donors (Lipinski definition) is 0. The number of likely N-dealkylation sites (tertiary alicyclic amines) is 1. The van der Waals surface area contributed by atoms with Crippen LogP contribution in [0, 0.1) is 0 Å². The molecule has 0 bridgehead atoms. The van der Waals surface area contributed by atoms with Crippen molar-refractivity contribution in [1.29, 1.82) is 0 Å². The van der Waals surface area contributed by atoms with Gasteiger partial charge in [-0.25, -0.2) is 9.97 Å². The van der Waals surface area contributed by atoms with Crippen LogP contribution in [0.1, 0.15) is 18.4 Å². The molecule has 6 nitrogen and oxygen atoms in total. The topological polar surface area (TPSA) is 56.1 Å². The number of piperidine rings is 1. The van der Waals surface area contributed by atoms with Crippen molar-refractivity contribution in [3.05, 3.63) is 59.8 Å². The Bertz CT molecular complexity index is 890. The predicted octanol–water partition coefficient (Wildman–Crippen LogP) is 3.57. The first-order valence-electron chi connectivity index (χ1n) is 9.10. The van der Waals surface area contributed by atoms with Gasteiger partial charge in [-0.2, -0.15) is 5.10 Å². The van der Waals surface area contributed by atoms with E-state index in [1.807, 2.05) is 42.2 Å². The molecule has 140 valence electrons. The van der Waals surface area contributed by atoms with E-state index in [2.05, 4.69) is 26.2 Å². The highest BCUT2D eigenvalue weighted by atomic mass is 35.5. The quantitative estimate of drug-likeness (QED) is 0.674. The van der Waals surface area contributed by atoms with Crippen LogP contribution in [0.5, 0.6) is 5.75 Å². The molecule has 0 N–H and O–H groups in total. The fourth-order valence-electron chi connectivity index (χ4n) is 3.43. The molecule has 0 amide bonds. The molecule has 0 atom stereocenters. The summed E-state index contributed by atoms with van der Waals surface area (Å²) in [7, 11) is 1.95. The Hall–Kier alpha value is -2.44. The maximum Gasteiger partial charge on any atom is 0.130 e. The molecule has 3 aromatic rings. The Labute approximate surface area is 163 Å². The molecule has 0 radical (unpaired) electrons. The largest absolute Gasteiger partial charge is 0.490 e. The van der Waals surface area contributed by atoms with Crippen LogP contribution in [0.4, 0.5) is 0 Å². The first kappa shape index (κ1) is 17.9. The molecule has 0 spiro atoms. The number of rotatable bonds is 5. The summed E-state index contributed by atoms with van der Waals surface area (Å²) in [4.78, 5) is 10.8. The summed E-state index contributed by atoms with van der Waals surface area (Å²) in [5, 5.41) is 4.91. The smallest absolute Gasteiger partial charge is 0.130 e. The molecule has 0 aliphatic carbocycles. The highest BCUT2D eigenvalue weighted by Gasteiger charge is 2.22. The van der Waals surface area contributed by atoms with Gasteiger partial charge in [0.15, 0.2) is 0 Å². The van der Waals surface area contributed by atoms with Crippen LogP contribution in [0.3, 0.4) is 0 Å². The molecule has 1 aliphatic rings. The summed E-state index contributed by atoms with van der Waals surface area (Å²) in [5.74, 6) is 0.784. The lowest BCUT2D eigenvalue weighted by Gasteiger charge is -2.32. The standard InChI is InChI=1S/C20H22ClN5O/c1-25-12-15(11-24-25)13-26-8-5-17(6-9-26)27-20-10-16(21)2-3-18(20)19-4-7-22-14-23-19/h2-4,7,10-12,14,17H,5-6,8-9,13H2,1H3. The van der Waals surface area contributed by atoms with E-state index < -0.39 is 0 Å². The minimum absolute atomic E-state index is 0.175. The SMILES string of the molecule is Cn1cc(CN2CCC(Oc3cc(Cl)ccc3-c3ccncn3)CC2)cn1. The van der Waals surface area contributed by atoms with Crippen LogP contribution in [0.15, 0.2) is 49.2 Å². The van der Waals surface area contributed by atoms with E-state index in [9.17, 15) is 0 Å². The number of hydrogen-bond acceptors (Lipinski definition) is 5. The number of aromatic nitrogens is 4. The van der Waals surface area contributed by atoms with E-state index in [0.29, 0.717) is 5.02 Å². The van der Waals surface area contributed by atoms with Crippen LogP contribution in [-0.4, -0.2) is 43.8 Å². The van der Waals surface area contributed by atoms with Crippen LogP contribution in [0.2, 0.25) is 5.02 Å². The van der Waals surface area contributed by atoms with Crippen LogP contribution in [-0.2, 0) is 13.6 Å². The van der Waals surface area contributed by atoms with Crippen molar-refractivity contribution in [2.45, 2.75) is 25.5 Å². The summed E-state index contributed by atoms with van der Waals surface area (Å²) in [6, 6.07) is 7.58. The molecule has 0 unspecified atom stereocenters. The van der Waals surface area contributed by atoms with Gasteiger partial charge in [-0.15, -0.1) is 0 Å². The normalized spacial score (nSPS) is 15.8. The predicted molar refractivity (Wildman–Crippen MR) is 105 cm³/mol. The number of nitrogens with zero attached hydrogens (tertiary/aromatic N) is 5. The van der Waals surface area contributed by atoms with Gasteiger partial charge in [-0.05, 0) is 37.1 Å². The molecular formula is C20H22ClN5O. The van der Waals surface area contributed by atoms with Crippen LogP contribution >= 0.6 is 11.6 Å². The number of halogens is 1. The van der Waals surface area contributed by atoms with E-state index in [0.717, 1.165) is 49.5 Å². The zero-order valence-corrected chi connectivity index (χ0v) is 16.0. The number of ether oxygens (including phenoxy) is 1. The molecular weight excluding hydrogens is 362 g/mol. The van der Waals surface area contributed by atoms with E-state index in [1.165, 1.54) is 5.56 Å². The van der Waals surface area contributed by atoms with Crippen LogP contribution < -0.4 is 4.74 Å². The third-order valence-electron chi connectivity index (χ3n) is 4.79. The third kappa shape index (κ3) is 4.46. The molecule has 27 heavy (non-hydrogen) atoms. The van der Waals surface area contributed by atoms with Gasteiger partial charge in [0, 0.05) is 55.2 Å². The molecule has 7 heteroatoms. The van der Waals surface area contributed by atoms with Crippen molar-refractivity contribution >= 4 is 11.6 Å². The minimum Gasteiger partial charge on any atom is -0.490 e. The highest BCUT2D eigenvalue weighted by Crippen LogP contribution is 2.33. The van der Waals surface area contributed by atoms with Gasteiger partial charge in [0.05, 0.1) is 11.9 Å². The summed E-state index contributed by atoms with van der Waals surface area (Å²) in [6.07, 6.45) is 9.42. The summed E-state index contributed by atoms with van der Waals surface area (Å²) >= 11 is 6.21. The third-order valence-corrected chi connectivity index (χ3v) is 5.03. The Kier molecular flexibility index (Phi) is 5.36. The molecule has 1 aromatic carbocycles. The molecule has 3 heterocycles. The molecule has 1 saturated heterocycles. The monoisotopic (exact) mass is 383 g/mol. The average Bonchev–Trinajstić information content (AvgIpc) is 3.09. The Morgan fingerprint density at radius 1 is 1.22 bits per heavy atom. The van der Waals surface area contributed by atoms with Crippen molar-refractivity contribution in [2.24, 2.45) is 7.05 Å². The molecule has 1 aliphatic heterocycles. The second kappa shape index (κ2) is 8.06. The van der Waals surface area contributed by atoms with E-state index >= 15 is 0 Å². The lowest BCUT2D eigenvalue weighted by atomic mass is 10.1. The Morgan fingerprint density at radius 2 is 2.07 bits per heavy atom. The van der Waals surface area contributed by atoms with E-state index in [-0.39, 0.29) is 6.10 Å². The van der Waals surface area contributed by atoms with Gasteiger partial charge in [0.2, 0.25) is 0 Å². The first-order valence-corrected chi connectivity index (χ1v) is 9.47. The zero-order chi connectivity index (χ0) is 18.6. The maximum absolute atomic E-state index is 6.34. The van der Waals surface area contributed by atoms with Crippen molar-refractivity contribution in [3.63, 3.8) is 0 Å². The average molecular weight is 384 g/mol. The zero-order valence-electron chi connectivity index (χ0n) is 15.3. The molecule has 0 saturated carbocycles. The highest BCUT2D eigenvalue weighted by molar-refractivity contribution is 6.30. The van der Waals surface area contributed by atoms with E-state index in [1.54, 1.807) is 12.5 Å². The van der Waals surface area contributed by atoms with Crippen LogP contribution in [0.25, 0.3) is 11.3 Å². The number of benzene rings is 1. The molecule has 2 aromatic heterocycles. The fourth-order valence-corrected chi connectivity index (χ4v) is 3.59. The second-order valence-electron chi connectivity index (χ2n) is 6.85. The van der Waals surface area contributed by atoms with Gasteiger partial charge in [-0.1, -0.05) is 11.6 Å². The first-order chi connectivity index (χ1) is 13.2. The van der Waals surface area contributed by atoms with Crippen molar-refractivity contribution in [3.8, 4) is 17.0 Å². The Morgan fingerprint density at radius 3 is 2.78 bits per heavy atom. The minimum atomic E-state index is 0.175. The number of aryl methyl sites for hydroxylation is 1. The fraction of sp³-hybridized carbons (Fsp3) is 0.350. The lowest BCUT2D eigenvalue weighted by molar-refractivity contribution is 0.0972. The van der Waals surface area contributed by atoms with Gasteiger partial charge in [-0.3, -0.25) is 9.58 Å². The second-order valence-corrected chi connectivity index (χ2v) is 7.29. The van der Waals surface area contributed by atoms with Crippen molar-refractivity contribution in [2.75, 3.05) is 13.1 Å². The molecule has 4 rings (SSSR count). The van der Waals surface area contributed by atoms with Crippen molar-refractivity contribution < 1.29 is 4.74 Å². The van der Waals surface area contributed by atoms with E-state index in [4.69, 9.17) is 16.3 Å². The summed E-state index contributed by atoms with van der Waals surface area (Å²) in [5.41, 5.74) is 3.03. The lowest BCUT2D eigenvalue weighted by Crippen LogP contribution is -2.37. The van der Waals surface area contributed by atoms with Gasteiger partial charge >= 0.3 is 0 Å². The van der Waals surface area contributed by atoms with Crippen molar-refractivity contribution in [1.82, 2.24) is 24.6 Å². The van der Waals surface area contributed by atoms with Gasteiger partial charge in [0.1, 0.15) is 18.2 Å². The molecule has 1 fully saturated rings. The summed E-state index contributed by atoms with van der Waals surface area (Å²) < 4.78 is 8.18. The van der Waals surface area contributed by atoms with Gasteiger partial charge < -0.3 is 4.74 Å².